The third kappa shape index (κ3) is 3.08. The number of sulfone groups is 1. The van der Waals surface area contributed by atoms with E-state index in [1.807, 2.05) is 0 Å². The summed E-state index contributed by atoms with van der Waals surface area (Å²) in [6.07, 6.45) is 3.97. The highest BCUT2D eigenvalue weighted by Gasteiger charge is 2.34. The molecule has 0 atom stereocenters. The molecule has 4 rings (SSSR count). The van der Waals surface area contributed by atoms with E-state index < -0.39 is 15.1 Å². The molecule has 0 amide bonds. The van der Waals surface area contributed by atoms with Gasteiger partial charge in [0.1, 0.15) is 17.7 Å². The SMILES string of the molecule is O=S(=O)(c1nc2cncnc2n1Cc1ccc(F)cc1)C1CCNCC1. The molecule has 3 aromatic rings. The summed E-state index contributed by atoms with van der Waals surface area (Å²) < 4.78 is 41.2. The smallest absolute Gasteiger partial charge is 0.230 e. The lowest BCUT2D eigenvalue weighted by molar-refractivity contribution is 0.489. The van der Waals surface area contributed by atoms with Crippen LogP contribution in [0.5, 0.6) is 0 Å². The number of nitrogens with zero attached hydrogens (tertiary/aromatic N) is 4. The van der Waals surface area contributed by atoms with Gasteiger partial charge in [-0.15, -0.1) is 0 Å². The van der Waals surface area contributed by atoms with Gasteiger partial charge in [-0.25, -0.2) is 27.8 Å². The first-order valence-electron chi connectivity index (χ1n) is 8.41. The van der Waals surface area contributed by atoms with E-state index in [9.17, 15) is 12.8 Å². The maximum absolute atomic E-state index is 13.2. The third-order valence-electron chi connectivity index (χ3n) is 4.61. The van der Waals surface area contributed by atoms with E-state index in [1.165, 1.54) is 24.7 Å². The van der Waals surface area contributed by atoms with E-state index in [0.717, 1.165) is 5.56 Å². The molecule has 2 aromatic heterocycles. The molecule has 1 aliphatic heterocycles. The second-order valence-corrected chi connectivity index (χ2v) is 8.45. The zero-order valence-electron chi connectivity index (χ0n) is 14.0. The first-order chi connectivity index (χ1) is 12.6. The molecule has 0 spiro atoms. The molecule has 136 valence electrons. The summed E-state index contributed by atoms with van der Waals surface area (Å²) in [6.45, 7) is 1.58. The maximum atomic E-state index is 13.2. The Bertz CT molecular complexity index is 1030. The van der Waals surface area contributed by atoms with Crippen molar-refractivity contribution in [3.05, 3.63) is 48.2 Å². The molecule has 1 N–H and O–H groups in total. The van der Waals surface area contributed by atoms with Gasteiger partial charge >= 0.3 is 0 Å². The molecular weight excluding hydrogens is 357 g/mol. The molecule has 0 unspecified atom stereocenters. The Balaban J connectivity index is 1.82. The van der Waals surface area contributed by atoms with Gasteiger partial charge in [0.15, 0.2) is 5.65 Å². The molecule has 0 radical (unpaired) electrons. The van der Waals surface area contributed by atoms with Crippen LogP contribution in [0.25, 0.3) is 11.2 Å². The average molecular weight is 375 g/mol. The molecule has 1 fully saturated rings. The van der Waals surface area contributed by atoms with Crippen LogP contribution >= 0.6 is 0 Å². The number of fused-ring (bicyclic) bond motifs is 1. The Morgan fingerprint density at radius 2 is 1.92 bits per heavy atom. The lowest BCUT2D eigenvalue weighted by Gasteiger charge is -2.22. The molecule has 1 saturated heterocycles. The molecule has 7 nitrogen and oxygen atoms in total. The van der Waals surface area contributed by atoms with Gasteiger partial charge in [-0.3, -0.25) is 4.57 Å². The predicted molar refractivity (Wildman–Crippen MR) is 93.9 cm³/mol. The number of hydrogen-bond acceptors (Lipinski definition) is 6. The zero-order valence-corrected chi connectivity index (χ0v) is 14.8. The van der Waals surface area contributed by atoms with E-state index in [1.54, 1.807) is 16.7 Å². The number of rotatable bonds is 4. The zero-order chi connectivity index (χ0) is 18.1. The van der Waals surface area contributed by atoms with Crippen LogP contribution in [0.15, 0.2) is 41.9 Å². The van der Waals surface area contributed by atoms with Gasteiger partial charge in [-0.05, 0) is 43.6 Å². The topological polar surface area (TPSA) is 89.8 Å². The summed E-state index contributed by atoms with van der Waals surface area (Å²) >= 11 is 0. The Kier molecular flexibility index (Phi) is 4.41. The van der Waals surface area contributed by atoms with Gasteiger partial charge in [-0.1, -0.05) is 12.1 Å². The summed E-state index contributed by atoms with van der Waals surface area (Å²) in [4.78, 5) is 12.5. The fourth-order valence-corrected chi connectivity index (χ4v) is 5.08. The van der Waals surface area contributed by atoms with Crippen molar-refractivity contribution in [3.63, 3.8) is 0 Å². The van der Waals surface area contributed by atoms with Crippen molar-refractivity contribution in [2.75, 3.05) is 13.1 Å². The first kappa shape index (κ1) is 17.0. The van der Waals surface area contributed by atoms with Crippen LogP contribution in [0.4, 0.5) is 4.39 Å². The second-order valence-electron chi connectivity index (χ2n) is 6.33. The monoisotopic (exact) mass is 375 g/mol. The van der Waals surface area contributed by atoms with Crippen molar-refractivity contribution in [1.82, 2.24) is 24.8 Å². The predicted octanol–water partition coefficient (Wildman–Crippen LogP) is 1.54. The van der Waals surface area contributed by atoms with Crippen molar-refractivity contribution in [2.45, 2.75) is 29.8 Å². The minimum atomic E-state index is -3.61. The maximum Gasteiger partial charge on any atom is 0.230 e. The summed E-state index contributed by atoms with van der Waals surface area (Å²) in [5, 5.41) is 2.71. The number of halogens is 1. The van der Waals surface area contributed by atoms with Gasteiger partial charge in [0.25, 0.3) is 0 Å². The fourth-order valence-electron chi connectivity index (χ4n) is 3.24. The number of aromatic nitrogens is 4. The normalized spacial score (nSPS) is 16.2. The first-order valence-corrected chi connectivity index (χ1v) is 9.95. The Labute approximate surface area is 150 Å². The molecule has 26 heavy (non-hydrogen) atoms. The minimum absolute atomic E-state index is 0.00391. The number of piperidine rings is 1. The number of hydrogen-bond donors (Lipinski definition) is 1. The highest BCUT2D eigenvalue weighted by atomic mass is 32.2. The van der Waals surface area contributed by atoms with Crippen molar-refractivity contribution in [1.29, 1.82) is 0 Å². The van der Waals surface area contributed by atoms with E-state index in [4.69, 9.17) is 0 Å². The Morgan fingerprint density at radius 1 is 1.19 bits per heavy atom. The van der Waals surface area contributed by atoms with Crippen LogP contribution in [-0.4, -0.2) is 46.3 Å². The average Bonchev–Trinajstić information content (AvgIpc) is 3.04. The van der Waals surface area contributed by atoms with Crippen molar-refractivity contribution in [3.8, 4) is 0 Å². The van der Waals surface area contributed by atoms with Crippen LogP contribution < -0.4 is 5.32 Å². The van der Waals surface area contributed by atoms with Crippen LogP contribution in [0.1, 0.15) is 18.4 Å². The van der Waals surface area contributed by atoms with Crippen LogP contribution in [-0.2, 0) is 16.4 Å². The van der Waals surface area contributed by atoms with Crippen LogP contribution in [0.3, 0.4) is 0 Å². The van der Waals surface area contributed by atoms with Gasteiger partial charge in [-0.2, -0.15) is 0 Å². The van der Waals surface area contributed by atoms with Gasteiger partial charge in [0.2, 0.25) is 15.0 Å². The number of benzene rings is 1. The number of imidazole rings is 1. The van der Waals surface area contributed by atoms with Crippen molar-refractivity contribution in [2.24, 2.45) is 0 Å². The largest absolute Gasteiger partial charge is 0.317 e. The molecular formula is C17H18FN5O2S. The van der Waals surface area contributed by atoms with Gasteiger partial charge in [0.05, 0.1) is 18.0 Å². The number of nitrogens with one attached hydrogen (secondary N) is 1. The van der Waals surface area contributed by atoms with Crippen LogP contribution in [0.2, 0.25) is 0 Å². The van der Waals surface area contributed by atoms with Crippen molar-refractivity contribution < 1.29 is 12.8 Å². The lowest BCUT2D eigenvalue weighted by Crippen LogP contribution is -2.36. The molecule has 1 aromatic carbocycles. The summed E-state index contributed by atoms with van der Waals surface area (Å²) in [5.74, 6) is -0.339. The third-order valence-corrected chi connectivity index (χ3v) is 6.78. The van der Waals surface area contributed by atoms with Crippen molar-refractivity contribution >= 4 is 21.0 Å². The summed E-state index contributed by atoms with van der Waals surface area (Å²) in [7, 11) is -3.61. The second kappa shape index (κ2) is 6.73. The Morgan fingerprint density at radius 3 is 2.65 bits per heavy atom. The fraction of sp³-hybridized carbons (Fsp3) is 0.353. The van der Waals surface area contributed by atoms with E-state index in [-0.39, 0.29) is 17.5 Å². The highest BCUT2D eigenvalue weighted by Crippen LogP contribution is 2.25. The summed E-state index contributed by atoms with van der Waals surface area (Å²) in [6, 6.07) is 5.96. The van der Waals surface area contributed by atoms with E-state index >= 15 is 0 Å². The lowest BCUT2D eigenvalue weighted by atomic mass is 10.2. The molecule has 0 bridgehead atoms. The molecule has 0 saturated carbocycles. The molecule has 3 heterocycles. The highest BCUT2D eigenvalue weighted by molar-refractivity contribution is 7.91. The minimum Gasteiger partial charge on any atom is -0.317 e. The van der Waals surface area contributed by atoms with E-state index in [2.05, 4.69) is 20.3 Å². The standard InChI is InChI=1S/C17H18FN5O2S/c18-13-3-1-12(2-4-13)10-23-16-15(9-20-11-21-16)22-17(23)26(24,25)14-5-7-19-8-6-14/h1-4,9,11,14,19H,5-8,10H2. The quantitative estimate of drug-likeness (QED) is 0.744. The molecule has 0 aliphatic carbocycles. The van der Waals surface area contributed by atoms with Gasteiger partial charge < -0.3 is 5.32 Å². The molecule has 1 aliphatic rings. The van der Waals surface area contributed by atoms with E-state index in [0.29, 0.717) is 37.1 Å². The van der Waals surface area contributed by atoms with Gasteiger partial charge in [0, 0.05) is 0 Å². The molecule has 9 heteroatoms. The summed E-state index contributed by atoms with van der Waals surface area (Å²) in [5.41, 5.74) is 1.66. The Hall–Kier alpha value is -2.39. The van der Waals surface area contributed by atoms with Crippen LogP contribution in [0, 0.1) is 5.82 Å².